The highest BCUT2D eigenvalue weighted by atomic mass is 35.5. The molecular weight excluding hydrogens is 450 g/mol. The summed E-state index contributed by atoms with van der Waals surface area (Å²) >= 11 is 6.03. The van der Waals surface area contributed by atoms with Crippen molar-refractivity contribution in [1.82, 2.24) is 20.0 Å². The van der Waals surface area contributed by atoms with Gasteiger partial charge in [0.25, 0.3) is 0 Å². The van der Waals surface area contributed by atoms with Gasteiger partial charge in [-0.05, 0) is 43.4 Å². The molecule has 7 nitrogen and oxygen atoms in total. The Hall–Kier alpha value is -2.77. The van der Waals surface area contributed by atoms with E-state index in [1.54, 1.807) is 4.90 Å². The molecule has 0 aromatic heterocycles. The van der Waals surface area contributed by atoms with Gasteiger partial charge in [0, 0.05) is 69.4 Å². The van der Waals surface area contributed by atoms with Crippen LogP contribution in [0.1, 0.15) is 11.1 Å². The van der Waals surface area contributed by atoms with Gasteiger partial charge in [0.1, 0.15) is 6.04 Å². The first-order chi connectivity index (χ1) is 16.4. The van der Waals surface area contributed by atoms with Crippen molar-refractivity contribution in [3.05, 3.63) is 71.1 Å². The summed E-state index contributed by atoms with van der Waals surface area (Å²) in [6, 6.07) is 15.1. The molecule has 8 heteroatoms. The molecule has 2 aromatic rings. The number of piperazine rings is 1. The van der Waals surface area contributed by atoms with Crippen LogP contribution >= 0.6 is 11.6 Å². The summed E-state index contributed by atoms with van der Waals surface area (Å²) < 4.78 is 0. The first-order valence-corrected chi connectivity index (χ1v) is 12.2. The number of nitrogens with one attached hydrogen (secondary N) is 1. The van der Waals surface area contributed by atoms with Crippen LogP contribution in [0.3, 0.4) is 0 Å². The molecule has 1 N–H and O–H groups in total. The minimum absolute atomic E-state index is 0.0333. The quantitative estimate of drug-likeness (QED) is 0.659. The number of carbonyl (C=O) groups excluding carboxylic acids is 2. The molecule has 0 unspecified atom stereocenters. The summed E-state index contributed by atoms with van der Waals surface area (Å²) in [6.45, 7) is 4.90. The third-order valence-electron chi connectivity index (χ3n) is 6.35. The van der Waals surface area contributed by atoms with E-state index in [9.17, 15) is 9.59 Å². The van der Waals surface area contributed by atoms with Gasteiger partial charge in [0.05, 0.1) is 0 Å². The van der Waals surface area contributed by atoms with Crippen molar-refractivity contribution in [2.45, 2.75) is 19.0 Å². The van der Waals surface area contributed by atoms with Gasteiger partial charge in [0.15, 0.2) is 0 Å². The molecule has 1 atom stereocenters. The predicted octanol–water partition coefficient (Wildman–Crippen LogP) is 2.89. The van der Waals surface area contributed by atoms with Crippen LogP contribution in [-0.4, -0.2) is 86.0 Å². The van der Waals surface area contributed by atoms with E-state index in [-0.39, 0.29) is 11.9 Å². The summed E-state index contributed by atoms with van der Waals surface area (Å²) in [5.41, 5.74) is 3.48. The first-order valence-electron chi connectivity index (χ1n) is 11.8. The van der Waals surface area contributed by atoms with Crippen LogP contribution in [0.15, 0.2) is 48.5 Å². The highest BCUT2D eigenvalue weighted by molar-refractivity contribution is 6.30. The number of hydrogen-bond donors (Lipinski definition) is 1. The van der Waals surface area contributed by atoms with Crippen LogP contribution in [-0.2, 0) is 17.8 Å². The van der Waals surface area contributed by atoms with E-state index in [0.717, 1.165) is 25.2 Å². The maximum Gasteiger partial charge on any atom is 0.318 e. The van der Waals surface area contributed by atoms with Crippen molar-refractivity contribution in [2.75, 3.05) is 58.3 Å². The standard InChI is InChI=1S/C26H33ClN5O2/c1-29(2)19-21-6-3-4-7-24(21)30-14-16-31(17-15-30)25(33)23(28-26(34)32-12-5-13-32)18-20-8-10-22(27)11-9-20/h3-11,23H,12-19H2,1-2H3,(H,28,34)/t23-/m1/s1. The number of para-hydroxylation sites is 1. The van der Waals surface area contributed by atoms with Crippen molar-refractivity contribution in [3.8, 4) is 0 Å². The van der Waals surface area contributed by atoms with Gasteiger partial charge in [-0.1, -0.05) is 41.9 Å². The molecule has 181 valence electrons. The number of amides is 3. The predicted molar refractivity (Wildman–Crippen MR) is 136 cm³/mol. The fourth-order valence-corrected chi connectivity index (χ4v) is 4.53. The Morgan fingerprint density at radius 3 is 2.26 bits per heavy atom. The number of anilines is 1. The van der Waals surface area contributed by atoms with E-state index in [0.29, 0.717) is 37.6 Å². The summed E-state index contributed by atoms with van der Waals surface area (Å²) in [6.07, 6.45) is 2.47. The van der Waals surface area contributed by atoms with Gasteiger partial charge in [0.2, 0.25) is 5.91 Å². The molecule has 2 aromatic carbocycles. The number of rotatable bonds is 7. The fourth-order valence-electron chi connectivity index (χ4n) is 4.40. The average Bonchev–Trinajstić information content (AvgIpc) is 2.78. The van der Waals surface area contributed by atoms with E-state index in [4.69, 9.17) is 11.6 Å². The molecule has 4 rings (SSSR count). The van der Waals surface area contributed by atoms with Gasteiger partial charge >= 0.3 is 6.03 Å². The molecule has 0 saturated carbocycles. The summed E-state index contributed by atoms with van der Waals surface area (Å²) in [5, 5.41) is 3.63. The smallest absolute Gasteiger partial charge is 0.318 e. The fraction of sp³-hybridized carbons (Fsp3) is 0.423. The van der Waals surface area contributed by atoms with Gasteiger partial charge < -0.3 is 24.9 Å². The normalized spacial score (nSPS) is 16.9. The molecule has 0 bridgehead atoms. The first kappa shape index (κ1) is 24.4. The number of hydrogen-bond acceptors (Lipinski definition) is 4. The molecule has 2 aliphatic rings. The number of carbonyl (C=O) groups is 2. The lowest BCUT2D eigenvalue weighted by atomic mass is 10.0. The molecule has 2 saturated heterocycles. The maximum atomic E-state index is 13.5. The minimum atomic E-state index is -0.609. The second kappa shape index (κ2) is 11.1. The van der Waals surface area contributed by atoms with Crippen LogP contribution in [0.4, 0.5) is 10.5 Å². The van der Waals surface area contributed by atoms with E-state index < -0.39 is 6.04 Å². The zero-order valence-electron chi connectivity index (χ0n) is 19.9. The van der Waals surface area contributed by atoms with E-state index in [2.05, 4.69) is 53.5 Å². The monoisotopic (exact) mass is 482 g/mol. The lowest BCUT2D eigenvalue weighted by molar-refractivity contribution is -0.133. The Bertz CT molecular complexity index is 985. The van der Waals surface area contributed by atoms with Crippen LogP contribution < -0.4 is 10.2 Å². The lowest BCUT2D eigenvalue weighted by Crippen LogP contribution is -2.58. The largest absolute Gasteiger partial charge is 0.368 e. The van der Waals surface area contributed by atoms with Crippen molar-refractivity contribution in [2.24, 2.45) is 0 Å². The second-order valence-corrected chi connectivity index (χ2v) is 9.64. The molecule has 0 spiro atoms. The number of likely N-dealkylation sites (tertiary alicyclic amines) is 1. The Kier molecular flexibility index (Phi) is 7.95. The lowest BCUT2D eigenvalue weighted by Gasteiger charge is -2.39. The Balaban J connectivity index is 1.42. The third-order valence-corrected chi connectivity index (χ3v) is 6.60. The zero-order chi connectivity index (χ0) is 24.1. The molecule has 2 aliphatic heterocycles. The van der Waals surface area contributed by atoms with Crippen LogP contribution in [0, 0.1) is 6.42 Å². The number of benzene rings is 2. The summed E-state index contributed by atoms with van der Waals surface area (Å²) in [5.74, 6) is -0.0333. The van der Waals surface area contributed by atoms with Crippen LogP contribution in [0.2, 0.25) is 5.02 Å². The molecule has 1 radical (unpaired) electrons. The highest BCUT2D eigenvalue weighted by Gasteiger charge is 2.31. The van der Waals surface area contributed by atoms with Gasteiger partial charge in [-0.25, -0.2) is 4.79 Å². The SMILES string of the molecule is CN(C)Cc1ccccc1N1CCN(C(=O)[C@@H](Cc2ccc(Cl)cc2)NC(=O)N2C[CH]C2)CC1. The third kappa shape index (κ3) is 6.02. The second-order valence-electron chi connectivity index (χ2n) is 9.21. The summed E-state index contributed by atoms with van der Waals surface area (Å²) in [4.78, 5) is 34.2. The van der Waals surface area contributed by atoms with Gasteiger partial charge in [-0.2, -0.15) is 0 Å². The minimum Gasteiger partial charge on any atom is -0.368 e. The molecule has 0 aliphatic carbocycles. The zero-order valence-corrected chi connectivity index (χ0v) is 20.7. The van der Waals surface area contributed by atoms with E-state index in [1.165, 1.54) is 11.3 Å². The Morgan fingerprint density at radius 2 is 1.65 bits per heavy atom. The molecule has 2 fully saturated rings. The number of halogens is 1. The van der Waals surface area contributed by atoms with Crippen molar-refractivity contribution < 1.29 is 9.59 Å². The van der Waals surface area contributed by atoms with E-state index in [1.807, 2.05) is 35.6 Å². The Labute approximate surface area is 207 Å². The molecular formula is C26H33ClN5O2. The van der Waals surface area contributed by atoms with Crippen molar-refractivity contribution in [3.63, 3.8) is 0 Å². The van der Waals surface area contributed by atoms with Crippen molar-refractivity contribution >= 4 is 29.2 Å². The topological polar surface area (TPSA) is 59.1 Å². The molecule has 34 heavy (non-hydrogen) atoms. The highest BCUT2D eigenvalue weighted by Crippen LogP contribution is 2.23. The number of urea groups is 1. The molecule has 2 heterocycles. The van der Waals surface area contributed by atoms with Crippen molar-refractivity contribution in [1.29, 1.82) is 0 Å². The maximum absolute atomic E-state index is 13.5. The van der Waals surface area contributed by atoms with Crippen LogP contribution in [0.5, 0.6) is 0 Å². The molecule has 3 amide bonds. The summed E-state index contributed by atoms with van der Waals surface area (Å²) in [7, 11) is 4.14. The Morgan fingerprint density at radius 1 is 0.971 bits per heavy atom. The van der Waals surface area contributed by atoms with Gasteiger partial charge in [-0.15, -0.1) is 0 Å². The van der Waals surface area contributed by atoms with Crippen LogP contribution in [0.25, 0.3) is 0 Å². The van der Waals surface area contributed by atoms with Gasteiger partial charge in [-0.3, -0.25) is 4.79 Å². The van der Waals surface area contributed by atoms with E-state index >= 15 is 0 Å². The number of nitrogens with zero attached hydrogens (tertiary/aromatic N) is 4. The average molecular weight is 483 g/mol.